The van der Waals surface area contributed by atoms with Crippen LogP contribution in [0.15, 0.2) is 40.9 Å². The van der Waals surface area contributed by atoms with Gasteiger partial charge in [0, 0.05) is 29.2 Å². The fraction of sp³-hybridized carbons (Fsp3) is 0.278. The highest BCUT2D eigenvalue weighted by atomic mass is 79.9. The van der Waals surface area contributed by atoms with Crippen LogP contribution >= 0.6 is 15.9 Å². The highest BCUT2D eigenvalue weighted by molar-refractivity contribution is 9.10. The summed E-state index contributed by atoms with van der Waals surface area (Å²) in [6, 6.07) is 11.7. The Morgan fingerprint density at radius 3 is 2.55 bits per heavy atom. The van der Waals surface area contributed by atoms with Gasteiger partial charge in [-0.3, -0.25) is 4.79 Å². The molecule has 0 atom stereocenters. The van der Waals surface area contributed by atoms with Crippen LogP contribution in [0, 0.1) is 13.8 Å². The number of aryl methyl sites for hydroxylation is 2. The van der Waals surface area contributed by atoms with Crippen molar-refractivity contribution in [2.45, 2.75) is 20.4 Å². The standard InChI is InChI=1S/C18H20BrNO2/c1-12-5-7-16(13(2)9-12)18(21)20(3)11-14-10-15(19)6-8-17(14)22-4/h5-10H,11H2,1-4H3. The van der Waals surface area contributed by atoms with E-state index in [0.29, 0.717) is 6.54 Å². The van der Waals surface area contributed by atoms with E-state index in [-0.39, 0.29) is 5.91 Å². The first kappa shape index (κ1) is 16.6. The van der Waals surface area contributed by atoms with Gasteiger partial charge in [-0.25, -0.2) is 0 Å². The van der Waals surface area contributed by atoms with Crippen molar-refractivity contribution in [1.82, 2.24) is 4.90 Å². The molecule has 0 saturated carbocycles. The molecule has 22 heavy (non-hydrogen) atoms. The second-order valence-corrected chi connectivity index (χ2v) is 6.35. The summed E-state index contributed by atoms with van der Waals surface area (Å²) in [5.74, 6) is 0.794. The van der Waals surface area contributed by atoms with E-state index in [1.165, 1.54) is 0 Å². The molecule has 2 aromatic carbocycles. The van der Waals surface area contributed by atoms with E-state index in [4.69, 9.17) is 4.74 Å². The summed E-state index contributed by atoms with van der Waals surface area (Å²) in [6.07, 6.45) is 0. The number of nitrogens with zero attached hydrogens (tertiary/aromatic N) is 1. The van der Waals surface area contributed by atoms with Crippen LogP contribution in [0.25, 0.3) is 0 Å². The Balaban J connectivity index is 2.23. The highest BCUT2D eigenvalue weighted by Crippen LogP contribution is 2.24. The Labute approximate surface area is 140 Å². The lowest BCUT2D eigenvalue weighted by Gasteiger charge is -2.20. The third-order valence-corrected chi connectivity index (χ3v) is 4.10. The summed E-state index contributed by atoms with van der Waals surface area (Å²) >= 11 is 3.46. The molecule has 3 nitrogen and oxygen atoms in total. The number of halogens is 1. The van der Waals surface area contributed by atoms with Crippen molar-refractivity contribution in [3.63, 3.8) is 0 Å². The van der Waals surface area contributed by atoms with Crippen LogP contribution in [0.2, 0.25) is 0 Å². The Bertz CT molecular complexity index is 697. The first-order valence-electron chi connectivity index (χ1n) is 7.07. The summed E-state index contributed by atoms with van der Waals surface area (Å²) in [5.41, 5.74) is 3.86. The monoisotopic (exact) mass is 361 g/mol. The van der Waals surface area contributed by atoms with Crippen LogP contribution in [-0.2, 0) is 6.54 Å². The Morgan fingerprint density at radius 2 is 1.91 bits per heavy atom. The van der Waals surface area contributed by atoms with E-state index in [9.17, 15) is 4.79 Å². The second-order valence-electron chi connectivity index (χ2n) is 5.44. The van der Waals surface area contributed by atoms with Crippen molar-refractivity contribution < 1.29 is 9.53 Å². The van der Waals surface area contributed by atoms with Crippen molar-refractivity contribution in [1.29, 1.82) is 0 Å². The van der Waals surface area contributed by atoms with Crippen molar-refractivity contribution in [2.24, 2.45) is 0 Å². The number of methoxy groups -OCH3 is 1. The van der Waals surface area contributed by atoms with E-state index in [1.54, 1.807) is 12.0 Å². The van der Waals surface area contributed by atoms with Gasteiger partial charge < -0.3 is 9.64 Å². The van der Waals surface area contributed by atoms with E-state index in [1.807, 2.05) is 57.3 Å². The molecule has 0 fully saturated rings. The Morgan fingerprint density at radius 1 is 1.18 bits per heavy atom. The molecular weight excluding hydrogens is 342 g/mol. The van der Waals surface area contributed by atoms with Crippen LogP contribution in [0.5, 0.6) is 5.75 Å². The number of hydrogen-bond donors (Lipinski definition) is 0. The van der Waals surface area contributed by atoms with Crippen LogP contribution in [-0.4, -0.2) is 25.0 Å². The molecule has 0 heterocycles. The molecule has 0 aliphatic heterocycles. The number of ether oxygens (including phenoxy) is 1. The van der Waals surface area contributed by atoms with E-state index in [0.717, 1.165) is 32.5 Å². The lowest BCUT2D eigenvalue weighted by atomic mass is 10.0. The lowest BCUT2D eigenvalue weighted by molar-refractivity contribution is 0.0783. The average molecular weight is 362 g/mol. The zero-order valence-electron chi connectivity index (χ0n) is 13.3. The van der Waals surface area contributed by atoms with Gasteiger partial charge in [0.25, 0.3) is 5.91 Å². The molecule has 0 N–H and O–H groups in total. The van der Waals surface area contributed by atoms with E-state index < -0.39 is 0 Å². The molecule has 116 valence electrons. The summed E-state index contributed by atoms with van der Waals surface area (Å²) in [5, 5.41) is 0. The molecule has 0 saturated heterocycles. The molecule has 1 amide bonds. The summed E-state index contributed by atoms with van der Waals surface area (Å²) in [6.45, 7) is 4.49. The number of amides is 1. The zero-order valence-corrected chi connectivity index (χ0v) is 14.9. The predicted octanol–water partition coefficient (Wildman–Crippen LogP) is 4.35. The van der Waals surface area contributed by atoms with Gasteiger partial charge in [-0.05, 0) is 43.7 Å². The Hall–Kier alpha value is -1.81. The van der Waals surface area contributed by atoms with Gasteiger partial charge in [-0.15, -0.1) is 0 Å². The maximum Gasteiger partial charge on any atom is 0.254 e. The largest absolute Gasteiger partial charge is 0.496 e. The maximum atomic E-state index is 12.6. The van der Waals surface area contributed by atoms with Crippen molar-refractivity contribution in [3.05, 3.63) is 63.1 Å². The van der Waals surface area contributed by atoms with Gasteiger partial charge in [0.1, 0.15) is 5.75 Å². The van der Waals surface area contributed by atoms with Crippen molar-refractivity contribution in [3.8, 4) is 5.75 Å². The van der Waals surface area contributed by atoms with Gasteiger partial charge >= 0.3 is 0 Å². The topological polar surface area (TPSA) is 29.5 Å². The van der Waals surface area contributed by atoms with Gasteiger partial charge in [-0.1, -0.05) is 33.6 Å². The van der Waals surface area contributed by atoms with Crippen LogP contribution < -0.4 is 4.74 Å². The minimum absolute atomic E-state index is 0.0135. The minimum atomic E-state index is 0.0135. The van der Waals surface area contributed by atoms with E-state index >= 15 is 0 Å². The zero-order chi connectivity index (χ0) is 16.3. The number of carbonyl (C=O) groups is 1. The molecule has 0 bridgehead atoms. The van der Waals surface area contributed by atoms with Gasteiger partial charge in [0.2, 0.25) is 0 Å². The van der Waals surface area contributed by atoms with Crippen molar-refractivity contribution in [2.75, 3.05) is 14.2 Å². The lowest BCUT2D eigenvalue weighted by Crippen LogP contribution is -2.27. The second kappa shape index (κ2) is 6.97. The molecule has 0 aliphatic rings. The van der Waals surface area contributed by atoms with E-state index in [2.05, 4.69) is 15.9 Å². The summed E-state index contributed by atoms with van der Waals surface area (Å²) < 4.78 is 6.34. The first-order chi connectivity index (χ1) is 10.4. The fourth-order valence-electron chi connectivity index (χ4n) is 2.46. The SMILES string of the molecule is COc1ccc(Br)cc1CN(C)C(=O)c1ccc(C)cc1C. The third kappa shape index (κ3) is 3.69. The number of hydrogen-bond acceptors (Lipinski definition) is 2. The molecule has 0 unspecified atom stereocenters. The summed E-state index contributed by atoms with van der Waals surface area (Å²) in [4.78, 5) is 14.3. The maximum absolute atomic E-state index is 12.6. The third-order valence-electron chi connectivity index (χ3n) is 3.61. The molecule has 4 heteroatoms. The quantitative estimate of drug-likeness (QED) is 0.810. The smallest absolute Gasteiger partial charge is 0.254 e. The molecule has 0 aromatic heterocycles. The van der Waals surface area contributed by atoms with Crippen LogP contribution in [0.4, 0.5) is 0 Å². The number of benzene rings is 2. The number of carbonyl (C=O) groups excluding carboxylic acids is 1. The minimum Gasteiger partial charge on any atom is -0.496 e. The predicted molar refractivity (Wildman–Crippen MR) is 92.4 cm³/mol. The normalized spacial score (nSPS) is 10.4. The average Bonchev–Trinajstić information content (AvgIpc) is 2.47. The summed E-state index contributed by atoms with van der Waals surface area (Å²) in [7, 11) is 3.45. The molecular formula is C18H20BrNO2. The Kier molecular flexibility index (Phi) is 5.24. The number of rotatable bonds is 4. The van der Waals surface area contributed by atoms with Gasteiger partial charge in [-0.2, -0.15) is 0 Å². The first-order valence-corrected chi connectivity index (χ1v) is 7.87. The van der Waals surface area contributed by atoms with Crippen LogP contribution in [0.3, 0.4) is 0 Å². The molecule has 0 spiro atoms. The van der Waals surface area contributed by atoms with Gasteiger partial charge in [0.05, 0.1) is 7.11 Å². The molecule has 2 rings (SSSR count). The molecule has 0 aliphatic carbocycles. The molecule has 2 aromatic rings. The fourth-order valence-corrected chi connectivity index (χ4v) is 2.87. The van der Waals surface area contributed by atoms with Gasteiger partial charge in [0.15, 0.2) is 0 Å². The van der Waals surface area contributed by atoms with Crippen molar-refractivity contribution >= 4 is 21.8 Å². The van der Waals surface area contributed by atoms with Crippen LogP contribution in [0.1, 0.15) is 27.0 Å². The highest BCUT2D eigenvalue weighted by Gasteiger charge is 2.16. The molecule has 0 radical (unpaired) electrons.